The van der Waals surface area contributed by atoms with Gasteiger partial charge in [-0.3, -0.25) is 4.79 Å². The van der Waals surface area contributed by atoms with Gasteiger partial charge in [0, 0.05) is 25.5 Å². The molecule has 2 N–H and O–H groups in total. The number of rotatable bonds is 7. The van der Waals surface area contributed by atoms with Crippen molar-refractivity contribution in [3.05, 3.63) is 76.1 Å². The standard InChI is InChI=1S/C18H23N3O3.C8H7FO2/c1-4-5-15(22)13-11-18-19-9-8-14(21(18)20-13)12-6-7-16(23-2)17(10-12)24-3;1-5-2-3-6(8(10)11)4-7(5)9/h8,10-11,19H,4-7,9H2,1-3H3;2-4H,1H3,(H,10,11). The van der Waals surface area contributed by atoms with Gasteiger partial charge in [-0.2, -0.15) is 5.10 Å². The SMILES string of the molecule is CCCC(=O)c1cc2n(n1)C(C1=CC(OC)=C(OC)CC1)=CCN2.Cc1ccc(C(=O)O)cc1F. The van der Waals surface area contributed by atoms with Crippen LogP contribution < -0.4 is 5.32 Å². The maximum atomic E-state index is 12.7. The largest absolute Gasteiger partial charge is 0.497 e. The number of benzene rings is 1. The predicted molar refractivity (Wildman–Crippen MR) is 131 cm³/mol. The van der Waals surface area contributed by atoms with Crippen LogP contribution in [0.4, 0.5) is 10.2 Å². The molecule has 0 fully saturated rings. The maximum absolute atomic E-state index is 12.7. The number of Topliss-reactive ketones (excluding diaryl/α,β-unsaturated/α-hetero) is 1. The van der Waals surface area contributed by atoms with Gasteiger partial charge >= 0.3 is 5.97 Å². The molecule has 0 saturated carbocycles. The van der Waals surface area contributed by atoms with Crippen molar-refractivity contribution in [1.82, 2.24) is 9.78 Å². The topological polar surface area (TPSA) is 103 Å². The first-order valence-corrected chi connectivity index (χ1v) is 11.4. The van der Waals surface area contributed by atoms with Gasteiger partial charge in [0.05, 0.1) is 25.5 Å². The van der Waals surface area contributed by atoms with E-state index in [0.717, 1.165) is 53.9 Å². The first-order chi connectivity index (χ1) is 16.8. The zero-order valence-electron chi connectivity index (χ0n) is 20.4. The number of aromatic nitrogens is 2. The Morgan fingerprint density at radius 3 is 2.60 bits per heavy atom. The fourth-order valence-electron chi connectivity index (χ4n) is 3.77. The lowest BCUT2D eigenvalue weighted by Gasteiger charge is -2.23. The van der Waals surface area contributed by atoms with Crippen LogP contribution in [0.2, 0.25) is 0 Å². The molecular formula is C26H30FN3O5. The number of aryl methyl sites for hydroxylation is 1. The van der Waals surface area contributed by atoms with Gasteiger partial charge in [0.1, 0.15) is 23.1 Å². The number of hydrogen-bond donors (Lipinski definition) is 2. The lowest BCUT2D eigenvalue weighted by Crippen LogP contribution is -2.17. The van der Waals surface area contributed by atoms with Crippen LogP contribution in [0, 0.1) is 12.7 Å². The molecule has 1 aromatic heterocycles. The number of carboxylic acids is 1. The molecule has 1 aliphatic carbocycles. The molecule has 2 heterocycles. The van der Waals surface area contributed by atoms with Gasteiger partial charge in [0.25, 0.3) is 0 Å². The van der Waals surface area contributed by atoms with Crippen molar-refractivity contribution in [2.24, 2.45) is 0 Å². The molecule has 1 aromatic carbocycles. The Morgan fingerprint density at radius 1 is 1.20 bits per heavy atom. The Labute approximate surface area is 203 Å². The summed E-state index contributed by atoms with van der Waals surface area (Å²) < 4.78 is 25.3. The quantitative estimate of drug-likeness (QED) is 0.523. The van der Waals surface area contributed by atoms with Crippen LogP contribution in [-0.4, -0.2) is 47.4 Å². The third-order valence-electron chi connectivity index (χ3n) is 5.69. The molecule has 1 aliphatic heterocycles. The summed E-state index contributed by atoms with van der Waals surface area (Å²) in [6, 6.07) is 5.67. The molecular weight excluding hydrogens is 453 g/mol. The van der Waals surface area contributed by atoms with Crippen LogP contribution in [0.15, 0.2) is 53.5 Å². The van der Waals surface area contributed by atoms with E-state index in [1.54, 1.807) is 21.1 Å². The molecule has 9 heteroatoms. The Bertz CT molecular complexity index is 1210. The summed E-state index contributed by atoms with van der Waals surface area (Å²) in [5, 5.41) is 16.2. The number of halogens is 1. The zero-order chi connectivity index (χ0) is 25.5. The minimum Gasteiger partial charge on any atom is -0.497 e. The molecule has 0 radical (unpaired) electrons. The van der Waals surface area contributed by atoms with Gasteiger partial charge in [-0.05, 0) is 55.2 Å². The number of anilines is 1. The molecule has 4 rings (SSSR count). The van der Waals surface area contributed by atoms with Crippen molar-refractivity contribution in [2.75, 3.05) is 26.1 Å². The molecule has 186 valence electrons. The van der Waals surface area contributed by atoms with E-state index in [9.17, 15) is 14.0 Å². The summed E-state index contributed by atoms with van der Waals surface area (Å²) >= 11 is 0. The van der Waals surface area contributed by atoms with Gasteiger partial charge in [-0.25, -0.2) is 13.9 Å². The van der Waals surface area contributed by atoms with Gasteiger partial charge in [0.15, 0.2) is 11.5 Å². The summed E-state index contributed by atoms with van der Waals surface area (Å²) in [6.45, 7) is 4.29. The third kappa shape index (κ3) is 5.98. The number of allylic oxidation sites excluding steroid dienone is 4. The maximum Gasteiger partial charge on any atom is 0.335 e. The fraction of sp³-hybridized carbons (Fsp3) is 0.346. The first kappa shape index (κ1) is 25.7. The predicted octanol–water partition coefficient (Wildman–Crippen LogP) is 5.19. The number of hydrogen-bond acceptors (Lipinski definition) is 6. The average molecular weight is 484 g/mol. The monoisotopic (exact) mass is 483 g/mol. The number of nitrogens with zero attached hydrogens (tertiary/aromatic N) is 2. The van der Waals surface area contributed by atoms with Crippen molar-refractivity contribution < 1.29 is 28.6 Å². The number of ether oxygens (including phenoxy) is 2. The normalized spacial score (nSPS) is 14.5. The van der Waals surface area contributed by atoms with Crippen LogP contribution in [-0.2, 0) is 9.47 Å². The van der Waals surface area contributed by atoms with Crippen LogP contribution in [0.25, 0.3) is 5.70 Å². The van der Waals surface area contributed by atoms with E-state index in [2.05, 4.69) is 16.5 Å². The van der Waals surface area contributed by atoms with Crippen molar-refractivity contribution >= 4 is 23.3 Å². The number of nitrogens with one attached hydrogen (secondary N) is 1. The number of fused-ring (bicyclic) bond motifs is 1. The van der Waals surface area contributed by atoms with E-state index in [1.807, 2.05) is 23.7 Å². The number of carbonyl (C=O) groups is 2. The molecule has 0 unspecified atom stereocenters. The Hall–Kier alpha value is -3.88. The summed E-state index contributed by atoms with van der Waals surface area (Å²) in [7, 11) is 3.31. The Balaban J connectivity index is 0.000000261. The van der Waals surface area contributed by atoms with Gasteiger partial charge in [-0.1, -0.05) is 13.0 Å². The summed E-state index contributed by atoms with van der Waals surface area (Å²) in [5.41, 5.74) is 3.09. The second kappa shape index (κ2) is 11.5. The number of carbonyl (C=O) groups excluding carboxylic acids is 1. The van der Waals surface area contributed by atoms with Crippen LogP contribution >= 0.6 is 0 Å². The number of carboxylic acid groups (broad SMARTS) is 1. The molecule has 2 aliphatic rings. The highest BCUT2D eigenvalue weighted by atomic mass is 19.1. The van der Waals surface area contributed by atoms with E-state index >= 15 is 0 Å². The molecule has 0 saturated heterocycles. The smallest absolute Gasteiger partial charge is 0.335 e. The lowest BCUT2D eigenvalue weighted by molar-refractivity contribution is 0.0696. The van der Waals surface area contributed by atoms with Gasteiger partial charge < -0.3 is 19.9 Å². The van der Waals surface area contributed by atoms with Crippen LogP contribution in [0.5, 0.6) is 0 Å². The molecule has 2 aromatic rings. The highest BCUT2D eigenvalue weighted by Crippen LogP contribution is 2.34. The third-order valence-corrected chi connectivity index (χ3v) is 5.69. The van der Waals surface area contributed by atoms with Crippen molar-refractivity contribution in [1.29, 1.82) is 0 Å². The van der Waals surface area contributed by atoms with Crippen molar-refractivity contribution in [2.45, 2.75) is 39.5 Å². The van der Waals surface area contributed by atoms with E-state index in [1.165, 1.54) is 12.1 Å². The van der Waals surface area contributed by atoms with Gasteiger partial charge in [-0.15, -0.1) is 0 Å². The molecule has 35 heavy (non-hydrogen) atoms. The van der Waals surface area contributed by atoms with Crippen LogP contribution in [0.1, 0.15) is 59.0 Å². The second-order valence-corrected chi connectivity index (χ2v) is 8.10. The summed E-state index contributed by atoms with van der Waals surface area (Å²) in [6.07, 6.45) is 7.06. The molecule has 0 bridgehead atoms. The number of methoxy groups -OCH3 is 2. The van der Waals surface area contributed by atoms with E-state index in [-0.39, 0.29) is 11.3 Å². The van der Waals surface area contributed by atoms with Crippen molar-refractivity contribution in [3.63, 3.8) is 0 Å². The first-order valence-electron chi connectivity index (χ1n) is 11.4. The second-order valence-electron chi connectivity index (χ2n) is 8.10. The van der Waals surface area contributed by atoms with E-state index in [4.69, 9.17) is 14.6 Å². The molecule has 0 amide bonds. The summed E-state index contributed by atoms with van der Waals surface area (Å²) in [5.74, 6) is 0.948. The molecule has 0 atom stereocenters. The Kier molecular flexibility index (Phi) is 8.46. The van der Waals surface area contributed by atoms with Crippen LogP contribution in [0.3, 0.4) is 0 Å². The van der Waals surface area contributed by atoms with E-state index in [0.29, 0.717) is 24.2 Å². The van der Waals surface area contributed by atoms with Gasteiger partial charge in [0.2, 0.25) is 0 Å². The molecule has 0 spiro atoms. The Morgan fingerprint density at radius 2 is 1.97 bits per heavy atom. The number of aromatic carboxylic acids is 1. The highest BCUT2D eigenvalue weighted by molar-refractivity contribution is 5.95. The number of ketones is 1. The fourth-order valence-corrected chi connectivity index (χ4v) is 3.77. The van der Waals surface area contributed by atoms with E-state index < -0.39 is 11.8 Å². The lowest BCUT2D eigenvalue weighted by atomic mass is 9.98. The minimum absolute atomic E-state index is 0.0203. The average Bonchev–Trinajstić information content (AvgIpc) is 3.30. The highest BCUT2D eigenvalue weighted by Gasteiger charge is 2.23. The zero-order valence-corrected chi connectivity index (χ0v) is 20.4. The minimum atomic E-state index is -1.11. The van der Waals surface area contributed by atoms with Crippen molar-refractivity contribution in [3.8, 4) is 0 Å². The summed E-state index contributed by atoms with van der Waals surface area (Å²) in [4.78, 5) is 22.4. The molecule has 8 nitrogen and oxygen atoms in total.